The van der Waals surface area contributed by atoms with Crippen LogP contribution in [0, 0.1) is 19.8 Å². The van der Waals surface area contributed by atoms with E-state index in [4.69, 9.17) is 4.74 Å². The van der Waals surface area contributed by atoms with Gasteiger partial charge >= 0.3 is 0 Å². The summed E-state index contributed by atoms with van der Waals surface area (Å²) in [5, 5.41) is 11.1. The number of piperidine rings is 1. The van der Waals surface area contributed by atoms with E-state index in [-0.39, 0.29) is 12.5 Å². The molecule has 0 bridgehead atoms. The molecule has 1 radical (unpaired) electrons. The summed E-state index contributed by atoms with van der Waals surface area (Å²) >= 11 is 0. The molecule has 2 rings (SSSR count). The minimum Gasteiger partial charge on any atom is -0.497 e. The molecule has 1 aromatic carbocycles. The molecule has 1 aliphatic rings. The Labute approximate surface area is 126 Å². The molecule has 1 unspecified atom stereocenters. The smallest absolute Gasteiger partial charge is 0.243 e. The van der Waals surface area contributed by atoms with E-state index in [0.29, 0.717) is 34.9 Å². The highest BCUT2D eigenvalue weighted by atomic mass is 32.2. The summed E-state index contributed by atoms with van der Waals surface area (Å²) in [6.45, 7) is 4.15. The van der Waals surface area contributed by atoms with Crippen LogP contribution in [0.15, 0.2) is 17.0 Å². The SMILES string of the molecule is COc1cc(C)c(S(=O)(=O)N2CCCC(C[O])C2)c(C)c1. The van der Waals surface area contributed by atoms with Crippen molar-refractivity contribution in [3.05, 3.63) is 23.3 Å². The maximum Gasteiger partial charge on any atom is 0.243 e. The Bertz CT molecular complexity index is 589. The monoisotopic (exact) mass is 312 g/mol. The molecular weight excluding hydrogens is 290 g/mol. The second-order valence-electron chi connectivity index (χ2n) is 5.63. The fourth-order valence-corrected chi connectivity index (χ4v) is 4.91. The van der Waals surface area contributed by atoms with Gasteiger partial charge in [-0.3, -0.25) is 0 Å². The topological polar surface area (TPSA) is 66.5 Å². The highest BCUT2D eigenvalue weighted by Crippen LogP contribution is 2.30. The highest BCUT2D eigenvalue weighted by Gasteiger charge is 2.32. The highest BCUT2D eigenvalue weighted by molar-refractivity contribution is 7.89. The fraction of sp³-hybridized carbons (Fsp3) is 0.600. The Morgan fingerprint density at radius 1 is 1.29 bits per heavy atom. The number of ether oxygens (including phenoxy) is 1. The van der Waals surface area contributed by atoms with Crippen molar-refractivity contribution in [1.82, 2.24) is 4.31 Å². The molecule has 6 heteroatoms. The number of nitrogens with zero attached hydrogens (tertiary/aromatic N) is 1. The van der Waals surface area contributed by atoms with E-state index in [1.807, 2.05) is 0 Å². The van der Waals surface area contributed by atoms with Crippen molar-refractivity contribution in [1.29, 1.82) is 0 Å². The van der Waals surface area contributed by atoms with E-state index in [2.05, 4.69) is 0 Å². The average Bonchev–Trinajstić information content (AvgIpc) is 2.46. The van der Waals surface area contributed by atoms with Crippen molar-refractivity contribution in [3.8, 4) is 5.75 Å². The van der Waals surface area contributed by atoms with Gasteiger partial charge < -0.3 is 4.74 Å². The molecule has 0 aromatic heterocycles. The lowest BCUT2D eigenvalue weighted by Crippen LogP contribution is -2.41. The Morgan fingerprint density at radius 3 is 2.43 bits per heavy atom. The molecule has 1 fully saturated rings. The van der Waals surface area contributed by atoms with Crippen molar-refractivity contribution < 1.29 is 18.3 Å². The molecule has 0 spiro atoms. The molecular formula is C15H22NO4S. The first-order valence-corrected chi connectivity index (χ1v) is 8.57. The van der Waals surface area contributed by atoms with Crippen LogP contribution in [-0.4, -0.2) is 39.5 Å². The van der Waals surface area contributed by atoms with Crippen LogP contribution >= 0.6 is 0 Å². The fourth-order valence-electron chi connectivity index (χ4n) is 2.95. The first-order valence-electron chi connectivity index (χ1n) is 7.13. The van der Waals surface area contributed by atoms with E-state index in [1.165, 1.54) is 4.31 Å². The van der Waals surface area contributed by atoms with Gasteiger partial charge in [-0.05, 0) is 55.9 Å². The van der Waals surface area contributed by atoms with Crippen LogP contribution in [0.25, 0.3) is 0 Å². The number of aryl methyl sites for hydroxylation is 2. The lowest BCUT2D eigenvalue weighted by molar-refractivity contribution is 0.109. The van der Waals surface area contributed by atoms with Crippen LogP contribution < -0.4 is 4.74 Å². The van der Waals surface area contributed by atoms with Crippen molar-refractivity contribution in [2.75, 3.05) is 26.8 Å². The van der Waals surface area contributed by atoms with Gasteiger partial charge in [-0.1, -0.05) is 0 Å². The number of methoxy groups -OCH3 is 1. The lowest BCUT2D eigenvalue weighted by atomic mass is 10.0. The molecule has 21 heavy (non-hydrogen) atoms. The van der Waals surface area contributed by atoms with Gasteiger partial charge in [0, 0.05) is 13.1 Å². The van der Waals surface area contributed by atoms with Crippen LogP contribution in [0.4, 0.5) is 0 Å². The summed E-state index contributed by atoms with van der Waals surface area (Å²) in [7, 11) is -1.99. The van der Waals surface area contributed by atoms with Gasteiger partial charge in [-0.25, -0.2) is 13.5 Å². The zero-order chi connectivity index (χ0) is 15.6. The largest absolute Gasteiger partial charge is 0.497 e. The van der Waals surface area contributed by atoms with E-state index in [0.717, 1.165) is 12.8 Å². The van der Waals surface area contributed by atoms with Gasteiger partial charge in [0.05, 0.1) is 18.6 Å². The Morgan fingerprint density at radius 2 is 1.90 bits per heavy atom. The van der Waals surface area contributed by atoms with Gasteiger partial charge in [-0.15, -0.1) is 0 Å². The summed E-state index contributed by atoms with van der Waals surface area (Å²) in [6.07, 6.45) is 1.57. The first-order chi connectivity index (χ1) is 9.90. The average molecular weight is 312 g/mol. The predicted octanol–water partition coefficient (Wildman–Crippen LogP) is 2.14. The summed E-state index contributed by atoms with van der Waals surface area (Å²) in [5.41, 5.74) is 1.35. The zero-order valence-corrected chi connectivity index (χ0v) is 13.6. The van der Waals surface area contributed by atoms with Crippen molar-refractivity contribution in [2.45, 2.75) is 31.6 Å². The molecule has 1 aromatic rings. The number of benzene rings is 1. The first kappa shape index (κ1) is 16.3. The van der Waals surface area contributed by atoms with Gasteiger partial charge in [0.2, 0.25) is 10.0 Å². The van der Waals surface area contributed by atoms with Crippen LogP contribution in [0.1, 0.15) is 24.0 Å². The molecule has 0 saturated carbocycles. The van der Waals surface area contributed by atoms with Gasteiger partial charge in [0.15, 0.2) is 0 Å². The minimum atomic E-state index is -3.55. The van der Waals surface area contributed by atoms with Crippen molar-refractivity contribution >= 4 is 10.0 Å². The van der Waals surface area contributed by atoms with E-state index < -0.39 is 10.0 Å². The van der Waals surface area contributed by atoms with Crippen LogP contribution in [0.2, 0.25) is 0 Å². The summed E-state index contributed by atoms with van der Waals surface area (Å²) < 4.78 is 32.4. The number of hydrogen-bond acceptors (Lipinski definition) is 3. The van der Waals surface area contributed by atoms with Crippen LogP contribution in [-0.2, 0) is 15.1 Å². The van der Waals surface area contributed by atoms with Gasteiger partial charge in [0.1, 0.15) is 5.75 Å². The van der Waals surface area contributed by atoms with E-state index >= 15 is 0 Å². The van der Waals surface area contributed by atoms with E-state index in [9.17, 15) is 13.5 Å². The number of rotatable bonds is 4. The zero-order valence-electron chi connectivity index (χ0n) is 12.8. The van der Waals surface area contributed by atoms with Crippen molar-refractivity contribution in [3.63, 3.8) is 0 Å². The molecule has 1 saturated heterocycles. The second kappa shape index (κ2) is 6.34. The number of sulfonamides is 1. The predicted molar refractivity (Wildman–Crippen MR) is 79.5 cm³/mol. The molecule has 5 nitrogen and oxygen atoms in total. The normalized spacial score (nSPS) is 20.5. The molecule has 1 atom stereocenters. The van der Waals surface area contributed by atoms with Crippen LogP contribution in [0.3, 0.4) is 0 Å². The Balaban J connectivity index is 2.40. The maximum atomic E-state index is 12.9. The maximum absolute atomic E-state index is 12.9. The van der Waals surface area contributed by atoms with Gasteiger partial charge in [-0.2, -0.15) is 4.31 Å². The number of hydrogen-bond donors (Lipinski definition) is 0. The van der Waals surface area contributed by atoms with Crippen LogP contribution in [0.5, 0.6) is 5.75 Å². The minimum absolute atomic E-state index is 0.0765. The molecule has 0 amide bonds. The molecule has 1 heterocycles. The molecule has 0 N–H and O–H groups in total. The summed E-state index contributed by atoms with van der Waals surface area (Å²) in [6, 6.07) is 3.46. The quantitative estimate of drug-likeness (QED) is 0.855. The second-order valence-corrected chi connectivity index (χ2v) is 7.50. The standard InChI is InChI=1S/C15H22NO4S/c1-11-7-14(20-3)8-12(2)15(11)21(18,19)16-6-4-5-13(9-16)10-17/h7-8,13H,4-6,9-10H2,1-3H3. The molecule has 117 valence electrons. The third-order valence-corrected chi connectivity index (χ3v) is 6.16. The van der Waals surface area contributed by atoms with E-state index in [1.54, 1.807) is 33.1 Å². The molecule has 0 aliphatic carbocycles. The summed E-state index contributed by atoms with van der Waals surface area (Å²) in [4.78, 5) is 0.342. The van der Waals surface area contributed by atoms with Gasteiger partial charge in [0.25, 0.3) is 0 Å². The lowest BCUT2D eigenvalue weighted by Gasteiger charge is -2.31. The third kappa shape index (κ3) is 3.22. The molecule has 1 aliphatic heterocycles. The Kier molecular flexibility index (Phi) is 4.91. The Hall–Kier alpha value is -1.11. The summed E-state index contributed by atoms with van der Waals surface area (Å²) in [5.74, 6) is 0.576. The van der Waals surface area contributed by atoms with Crippen molar-refractivity contribution in [2.24, 2.45) is 5.92 Å². The third-order valence-electron chi connectivity index (χ3n) is 3.98.